The second kappa shape index (κ2) is 7.96. The van der Waals surface area contributed by atoms with Crippen LogP contribution in [0.5, 0.6) is 0 Å². The summed E-state index contributed by atoms with van der Waals surface area (Å²) >= 11 is 4.94. The van der Waals surface area contributed by atoms with Crippen molar-refractivity contribution in [1.29, 1.82) is 0 Å². The summed E-state index contributed by atoms with van der Waals surface area (Å²) in [6, 6.07) is 11.1. The quantitative estimate of drug-likeness (QED) is 0.381. The van der Waals surface area contributed by atoms with Gasteiger partial charge in [-0.2, -0.15) is 0 Å². The standard InChI is InChI=1S/C21H17BrN2O4S/c1-3-27-21(26)16-9-8-15(28-16)10-24-11-23-19-18(20(24)25)17(12(2)29-19)13-4-6-14(22)7-5-13/h4-9,11H,3,10H2,1-2H3. The lowest BCUT2D eigenvalue weighted by Crippen LogP contribution is -2.20. The number of esters is 1. The third kappa shape index (κ3) is 3.77. The highest BCUT2D eigenvalue weighted by Gasteiger charge is 2.18. The van der Waals surface area contributed by atoms with Crippen LogP contribution in [0.4, 0.5) is 0 Å². The van der Waals surface area contributed by atoms with Gasteiger partial charge in [-0.15, -0.1) is 11.3 Å². The molecule has 1 aromatic carbocycles. The van der Waals surface area contributed by atoms with Gasteiger partial charge in [0.25, 0.3) is 5.56 Å². The van der Waals surface area contributed by atoms with Crippen LogP contribution in [-0.4, -0.2) is 22.1 Å². The van der Waals surface area contributed by atoms with E-state index in [9.17, 15) is 9.59 Å². The molecule has 0 N–H and O–H groups in total. The molecule has 6 nitrogen and oxygen atoms in total. The molecule has 4 aromatic rings. The Kier molecular flexibility index (Phi) is 5.38. The third-order valence-corrected chi connectivity index (χ3v) is 5.99. The first-order chi connectivity index (χ1) is 14.0. The fourth-order valence-corrected chi connectivity index (χ4v) is 4.42. The van der Waals surface area contributed by atoms with Crippen LogP contribution in [0, 0.1) is 6.92 Å². The van der Waals surface area contributed by atoms with Crippen LogP contribution >= 0.6 is 27.3 Å². The minimum Gasteiger partial charge on any atom is -0.460 e. The van der Waals surface area contributed by atoms with Gasteiger partial charge in [-0.25, -0.2) is 9.78 Å². The average molecular weight is 473 g/mol. The summed E-state index contributed by atoms with van der Waals surface area (Å²) in [5.41, 5.74) is 1.72. The molecule has 0 spiro atoms. The van der Waals surface area contributed by atoms with E-state index in [-0.39, 0.29) is 24.5 Å². The van der Waals surface area contributed by atoms with Gasteiger partial charge in [0.1, 0.15) is 10.6 Å². The van der Waals surface area contributed by atoms with E-state index in [1.165, 1.54) is 22.2 Å². The lowest BCUT2D eigenvalue weighted by atomic mass is 10.0. The number of carbonyl (C=O) groups is 1. The van der Waals surface area contributed by atoms with Crippen molar-refractivity contribution >= 4 is 43.5 Å². The predicted molar refractivity (Wildman–Crippen MR) is 116 cm³/mol. The molecule has 3 heterocycles. The Morgan fingerprint density at radius 3 is 2.72 bits per heavy atom. The van der Waals surface area contributed by atoms with Crippen LogP contribution in [0.2, 0.25) is 0 Å². The number of rotatable bonds is 5. The largest absolute Gasteiger partial charge is 0.460 e. The highest BCUT2D eigenvalue weighted by atomic mass is 79.9. The van der Waals surface area contributed by atoms with E-state index in [4.69, 9.17) is 9.15 Å². The summed E-state index contributed by atoms with van der Waals surface area (Å²) in [7, 11) is 0. The van der Waals surface area contributed by atoms with Crippen LogP contribution < -0.4 is 5.56 Å². The number of fused-ring (bicyclic) bond motifs is 1. The molecule has 0 radical (unpaired) electrons. The highest BCUT2D eigenvalue weighted by molar-refractivity contribution is 9.10. The zero-order valence-electron chi connectivity index (χ0n) is 15.8. The van der Waals surface area contributed by atoms with E-state index in [0.29, 0.717) is 16.0 Å². The second-order valence-electron chi connectivity index (χ2n) is 6.38. The number of hydrogen-bond acceptors (Lipinski definition) is 6. The maximum absolute atomic E-state index is 13.2. The molecule has 0 aliphatic rings. The number of hydrogen-bond donors (Lipinski definition) is 0. The lowest BCUT2D eigenvalue weighted by Gasteiger charge is -2.05. The zero-order valence-corrected chi connectivity index (χ0v) is 18.2. The molecule has 0 aliphatic heterocycles. The molecule has 0 saturated carbocycles. The minimum absolute atomic E-state index is 0.117. The van der Waals surface area contributed by atoms with Gasteiger partial charge in [0.2, 0.25) is 5.76 Å². The minimum atomic E-state index is -0.523. The summed E-state index contributed by atoms with van der Waals surface area (Å²) in [6.07, 6.45) is 1.51. The molecule has 29 heavy (non-hydrogen) atoms. The van der Waals surface area contributed by atoms with Crippen LogP contribution in [0.15, 0.2) is 56.4 Å². The fraction of sp³-hybridized carbons (Fsp3) is 0.190. The molecular formula is C21H17BrN2O4S. The van der Waals surface area contributed by atoms with Crippen LogP contribution in [0.1, 0.15) is 28.1 Å². The number of ether oxygens (including phenoxy) is 1. The van der Waals surface area contributed by atoms with Crippen molar-refractivity contribution in [2.45, 2.75) is 20.4 Å². The number of nitrogens with zero attached hydrogens (tertiary/aromatic N) is 2. The van der Waals surface area contributed by atoms with Gasteiger partial charge in [-0.05, 0) is 43.7 Å². The molecule has 0 atom stereocenters. The molecule has 0 aliphatic carbocycles. The fourth-order valence-electron chi connectivity index (χ4n) is 3.16. The Labute approximate surface area is 178 Å². The monoisotopic (exact) mass is 472 g/mol. The van der Waals surface area contributed by atoms with Gasteiger partial charge in [0.15, 0.2) is 0 Å². The number of halogens is 1. The van der Waals surface area contributed by atoms with E-state index in [1.54, 1.807) is 19.1 Å². The summed E-state index contributed by atoms with van der Waals surface area (Å²) in [4.78, 5) is 31.2. The van der Waals surface area contributed by atoms with Crippen LogP contribution in [0.25, 0.3) is 21.3 Å². The maximum atomic E-state index is 13.2. The number of furan rings is 1. The van der Waals surface area contributed by atoms with Crippen molar-refractivity contribution in [2.24, 2.45) is 0 Å². The molecule has 8 heteroatoms. The number of aryl methyl sites for hydroxylation is 1. The lowest BCUT2D eigenvalue weighted by molar-refractivity contribution is 0.0488. The Hall–Kier alpha value is -2.71. The Morgan fingerprint density at radius 1 is 1.24 bits per heavy atom. The van der Waals surface area contributed by atoms with Gasteiger partial charge in [-0.3, -0.25) is 9.36 Å². The van der Waals surface area contributed by atoms with Crippen molar-refractivity contribution in [3.63, 3.8) is 0 Å². The van der Waals surface area contributed by atoms with E-state index in [0.717, 1.165) is 20.5 Å². The van der Waals surface area contributed by atoms with Crippen molar-refractivity contribution in [1.82, 2.24) is 9.55 Å². The summed E-state index contributed by atoms with van der Waals surface area (Å²) in [6.45, 7) is 4.17. The predicted octanol–water partition coefficient (Wildman–Crippen LogP) is 5.01. The third-order valence-electron chi connectivity index (χ3n) is 4.45. The van der Waals surface area contributed by atoms with E-state index < -0.39 is 5.97 Å². The molecule has 0 saturated heterocycles. The van der Waals surface area contributed by atoms with Crippen molar-refractivity contribution in [2.75, 3.05) is 6.61 Å². The average Bonchev–Trinajstić information content (AvgIpc) is 3.29. The van der Waals surface area contributed by atoms with Gasteiger partial charge < -0.3 is 9.15 Å². The summed E-state index contributed by atoms with van der Waals surface area (Å²) in [5.74, 6) is 0.0740. The van der Waals surface area contributed by atoms with Gasteiger partial charge in [0, 0.05) is 14.9 Å². The highest BCUT2D eigenvalue weighted by Crippen LogP contribution is 2.35. The van der Waals surface area contributed by atoms with E-state index >= 15 is 0 Å². The number of benzene rings is 1. The van der Waals surface area contributed by atoms with Crippen molar-refractivity contribution < 1.29 is 13.9 Å². The van der Waals surface area contributed by atoms with Gasteiger partial charge in [0.05, 0.1) is 24.9 Å². The van der Waals surface area contributed by atoms with Gasteiger partial charge >= 0.3 is 5.97 Å². The Morgan fingerprint density at radius 2 is 2.00 bits per heavy atom. The Bertz CT molecular complexity index is 1250. The molecule has 0 fully saturated rings. The maximum Gasteiger partial charge on any atom is 0.374 e. The smallest absolute Gasteiger partial charge is 0.374 e. The Balaban J connectivity index is 1.75. The molecule has 3 aromatic heterocycles. The molecular weight excluding hydrogens is 456 g/mol. The van der Waals surface area contributed by atoms with E-state index in [1.807, 2.05) is 31.2 Å². The molecule has 0 unspecified atom stereocenters. The number of carbonyl (C=O) groups excluding carboxylic acids is 1. The summed E-state index contributed by atoms with van der Waals surface area (Å²) in [5, 5.41) is 0.592. The second-order valence-corrected chi connectivity index (χ2v) is 8.50. The number of aromatic nitrogens is 2. The first kappa shape index (κ1) is 19.6. The van der Waals surface area contributed by atoms with Crippen LogP contribution in [-0.2, 0) is 11.3 Å². The number of thiophene rings is 1. The molecule has 4 rings (SSSR count). The topological polar surface area (TPSA) is 74.3 Å². The summed E-state index contributed by atoms with van der Waals surface area (Å²) < 4.78 is 12.9. The van der Waals surface area contributed by atoms with Crippen molar-refractivity contribution in [3.05, 3.63) is 73.9 Å². The first-order valence-electron chi connectivity index (χ1n) is 8.98. The van der Waals surface area contributed by atoms with Crippen LogP contribution in [0.3, 0.4) is 0 Å². The van der Waals surface area contributed by atoms with Crippen molar-refractivity contribution in [3.8, 4) is 11.1 Å². The zero-order chi connectivity index (χ0) is 20.5. The molecule has 0 bridgehead atoms. The molecule has 0 amide bonds. The first-order valence-corrected chi connectivity index (χ1v) is 10.6. The van der Waals surface area contributed by atoms with E-state index in [2.05, 4.69) is 20.9 Å². The molecule has 148 valence electrons. The SMILES string of the molecule is CCOC(=O)c1ccc(Cn2cnc3sc(C)c(-c4ccc(Br)cc4)c3c2=O)o1. The van der Waals surface area contributed by atoms with Gasteiger partial charge in [-0.1, -0.05) is 28.1 Å². The normalized spacial score (nSPS) is 11.1.